The number of hydrogen-bond acceptors (Lipinski definition) is 4. The van der Waals surface area contributed by atoms with E-state index in [-0.39, 0.29) is 5.91 Å². The van der Waals surface area contributed by atoms with Gasteiger partial charge in [0, 0.05) is 44.8 Å². The molecule has 1 fully saturated rings. The molecule has 1 amide bonds. The van der Waals surface area contributed by atoms with E-state index in [9.17, 15) is 4.79 Å². The van der Waals surface area contributed by atoms with E-state index in [2.05, 4.69) is 27.2 Å². The smallest absolute Gasteiger partial charge is 0.234 e. The molecule has 1 N–H and O–H groups in total. The topological polar surface area (TPSA) is 44.8 Å². The first-order valence-electron chi connectivity index (χ1n) is 9.70. The highest BCUT2D eigenvalue weighted by Crippen LogP contribution is 2.20. The molecule has 0 saturated carbocycles. The van der Waals surface area contributed by atoms with Crippen LogP contribution >= 0.6 is 0 Å². The molecule has 144 valence electrons. The molecule has 5 nitrogen and oxygen atoms in total. The molecule has 1 saturated heterocycles. The third-order valence-electron chi connectivity index (χ3n) is 4.83. The molecule has 0 bridgehead atoms. The van der Waals surface area contributed by atoms with Crippen molar-refractivity contribution < 1.29 is 9.53 Å². The van der Waals surface area contributed by atoms with Gasteiger partial charge in [0.15, 0.2) is 0 Å². The number of benzene rings is 2. The molecular formula is C22H29N3O2. The van der Waals surface area contributed by atoms with Gasteiger partial charge >= 0.3 is 0 Å². The summed E-state index contributed by atoms with van der Waals surface area (Å²) in [6.45, 7) is 8.40. The van der Waals surface area contributed by atoms with E-state index in [1.807, 2.05) is 49.4 Å². The standard InChI is InChI=1S/C22H29N3O2/c1-2-27-21-11-7-6-10-20(21)17-24-12-14-25(15-13-24)18-22(26)23-16-19-8-4-3-5-9-19/h3-11H,2,12-18H2,1H3,(H,23,26). The summed E-state index contributed by atoms with van der Waals surface area (Å²) in [7, 11) is 0. The SMILES string of the molecule is CCOc1ccccc1CN1CCN(CC(=O)NCc2ccccc2)CC1. The van der Waals surface area contributed by atoms with Crippen LogP contribution in [0.1, 0.15) is 18.1 Å². The molecule has 0 atom stereocenters. The third-order valence-corrected chi connectivity index (χ3v) is 4.83. The van der Waals surface area contributed by atoms with Crippen LogP contribution in [0, 0.1) is 0 Å². The molecule has 0 radical (unpaired) electrons. The van der Waals surface area contributed by atoms with Gasteiger partial charge in [0.05, 0.1) is 13.2 Å². The number of ether oxygens (including phenoxy) is 1. The number of carbonyl (C=O) groups excluding carboxylic acids is 1. The summed E-state index contributed by atoms with van der Waals surface area (Å²) in [6, 6.07) is 18.3. The molecule has 3 rings (SSSR count). The average Bonchev–Trinajstić information content (AvgIpc) is 2.70. The van der Waals surface area contributed by atoms with Crippen LogP contribution in [0.15, 0.2) is 54.6 Å². The Kier molecular flexibility index (Phi) is 7.25. The molecule has 0 unspecified atom stereocenters. The van der Waals surface area contributed by atoms with Crippen molar-refractivity contribution in [2.24, 2.45) is 0 Å². The highest BCUT2D eigenvalue weighted by atomic mass is 16.5. The van der Waals surface area contributed by atoms with E-state index >= 15 is 0 Å². The summed E-state index contributed by atoms with van der Waals surface area (Å²) < 4.78 is 5.73. The minimum Gasteiger partial charge on any atom is -0.494 e. The second-order valence-electron chi connectivity index (χ2n) is 6.86. The first-order chi connectivity index (χ1) is 13.2. The predicted octanol–water partition coefficient (Wildman–Crippen LogP) is 2.52. The van der Waals surface area contributed by atoms with E-state index in [1.54, 1.807) is 0 Å². The van der Waals surface area contributed by atoms with Gasteiger partial charge < -0.3 is 10.1 Å². The molecule has 5 heteroatoms. The molecule has 0 spiro atoms. The van der Waals surface area contributed by atoms with Crippen LogP contribution in [0.4, 0.5) is 0 Å². The Morgan fingerprint density at radius 3 is 2.37 bits per heavy atom. The number of hydrogen-bond donors (Lipinski definition) is 1. The van der Waals surface area contributed by atoms with Crippen molar-refractivity contribution in [3.8, 4) is 5.75 Å². The van der Waals surface area contributed by atoms with E-state index in [0.29, 0.717) is 19.7 Å². The maximum Gasteiger partial charge on any atom is 0.234 e. The lowest BCUT2D eigenvalue weighted by atomic mass is 10.1. The van der Waals surface area contributed by atoms with Crippen LogP contribution < -0.4 is 10.1 Å². The summed E-state index contributed by atoms with van der Waals surface area (Å²) in [5.41, 5.74) is 2.36. The van der Waals surface area contributed by atoms with Crippen molar-refractivity contribution in [3.63, 3.8) is 0 Å². The van der Waals surface area contributed by atoms with Gasteiger partial charge in [-0.25, -0.2) is 0 Å². The highest BCUT2D eigenvalue weighted by molar-refractivity contribution is 5.78. The van der Waals surface area contributed by atoms with Crippen molar-refractivity contribution in [1.29, 1.82) is 0 Å². The number of rotatable bonds is 8. The van der Waals surface area contributed by atoms with Gasteiger partial charge in [-0.1, -0.05) is 48.5 Å². The molecule has 1 aliphatic rings. The van der Waals surface area contributed by atoms with E-state index in [0.717, 1.165) is 44.0 Å². The molecule has 27 heavy (non-hydrogen) atoms. The molecule has 1 heterocycles. The van der Waals surface area contributed by atoms with Crippen molar-refractivity contribution in [1.82, 2.24) is 15.1 Å². The van der Waals surface area contributed by atoms with E-state index < -0.39 is 0 Å². The van der Waals surface area contributed by atoms with E-state index in [4.69, 9.17) is 4.74 Å². The first kappa shape index (κ1) is 19.4. The first-order valence-corrected chi connectivity index (χ1v) is 9.70. The van der Waals surface area contributed by atoms with E-state index in [1.165, 1.54) is 5.56 Å². The lowest BCUT2D eigenvalue weighted by Crippen LogP contribution is -2.49. The third kappa shape index (κ3) is 6.08. The number of amides is 1. The largest absolute Gasteiger partial charge is 0.494 e. The molecular weight excluding hydrogens is 338 g/mol. The van der Waals surface area contributed by atoms with Crippen molar-refractivity contribution >= 4 is 5.91 Å². The van der Waals surface area contributed by atoms with Gasteiger partial charge in [-0.3, -0.25) is 14.6 Å². The Hall–Kier alpha value is -2.37. The molecule has 2 aromatic rings. The van der Waals surface area contributed by atoms with Crippen molar-refractivity contribution in [2.45, 2.75) is 20.0 Å². The average molecular weight is 367 g/mol. The Labute approximate surface area is 161 Å². The van der Waals surface area contributed by atoms with Crippen molar-refractivity contribution in [2.75, 3.05) is 39.3 Å². The van der Waals surface area contributed by atoms with Crippen LogP contribution in [0.2, 0.25) is 0 Å². The Bertz CT molecular complexity index is 713. The fourth-order valence-corrected chi connectivity index (χ4v) is 3.33. The summed E-state index contributed by atoms with van der Waals surface area (Å²) in [5, 5.41) is 3.01. The zero-order valence-electron chi connectivity index (χ0n) is 16.1. The highest BCUT2D eigenvalue weighted by Gasteiger charge is 2.19. The lowest BCUT2D eigenvalue weighted by Gasteiger charge is -2.34. The van der Waals surface area contributed by atoms with Crippen LogP contribution in [-0.2, 0) is 17.9 Å². The number of nitrogens with one attached hydrogen (secondary N) is 1. The summed E-state index contributed by atoms with van der Waals surface area (Å²) in [6.07, 6.45) is 0. The van der Waals surface area contributed by atoms with Crippen LogP contribution in [0.5, 0.6) is 5.75 Å². The Morgan fingerprint density at radius 1 is 0.963 bits per heavy atom. The molecule has 1 aliphatic heterocycles. The van der Waals surface area contributed by atoms with Gasteiger partial charge in [0.2, 0.25) is 5.91 Å². The zero-order valence-corrected chi connectivity index (χ0v) is 16.1. The van der Waals surface area contributed by atoms with Gasteiger partial charge in [-0.15, -0.1) is 0 Å². The van der Waals surface area contributed by atoms with Gasteiger partial charge in [0.1, 0.15) is 5.75 Å². The maximum atomic E-state index is 12.2. The molecule has 0 aliphatic carbocycles. The monoisotopic (exact) mass is 367 g/mol. The number of carbonyl (C=O) groups is 1. The second-order valence-corrected chi connectivity index (χ2v) is 6.86. The zero-order chi connectivity index (χ0) is 18.9. The van der Waals surface area contributed by atoms with Crippen molar-refractivity contribution in [3.05, 3.63) is 65.7 Å². The lowest BCUT2D eigenvalue weighted by molar-refractivity contribution is -0.122. The quantitative estimate of drug-likeness (QED) is 0.779. The van der Waals surface area contributed by atoms with Crippen LogP contribution in [0.25, 0.3) is 0 Å². The van der Waals surface area contributed by atoms with Crippen LogP contribution in [-0.4, -0.2) is 55.0 Å². The fourth-order valence-electron chi connectivity index (χ4n) is 3.33. The summed E-state index contributed by atoms with van der Waals surface area (Å²) in [4.78, 5) is 16.8. The number of nitrogens with zero attached hydrogens (tertiary/aromatic N) is 2. The van der Waals surface area contributed by atoms with Gasteiger partial charge in [-0.05, 0) is 18.6 Å². The fraction of sp³-hybridized carbons (Fsp3) is 0.409. The van der Waals surface area contributed by atoms with Gasteiger partial charge in [0.25, 0.3) is 0 Å². The number of piperazine rings is 1. The second kappa shape index (κ2) is 10.1. The number of para-hydroxylation sites is 1. The minimum atomic E-state index is 0.0917. The predicted molar refractivity (Wildman–Crippen MR) is 108 cm³/mol. The Balaban J connectivity index is 1.40. The molecule has 2 aromatic carbocycles. The van der Waals surface area contributed by atoms with Gasteiger partial charge in [-0.2, -0.15) is 0 Å². The Morgan fingerprint density at radius 2 is 1.63 bits per heavy atom. The maximum absolute atomic E-state index is 12.2. The molecule has 0 aromatic heterocycles. The van der Waals surface area contributed by atoms with Crippen LogP contribution in [0.3, 0.4) is 0 Å². The summed E-state index contributed by atoms with van der Waals surface area (Å²) >= 11 is 0. The summed E-state index contributed by atoms with van der Waals surface area (Å²) in [5.74, 6) is 1.07. The minimum absolute atomic E-state index is 0.0917. The normalized spacial score (nSPS) is 15.4.